The van der Waals surface area contributed by atoms with Crippen molar-refractivity contribution < 1.29 is 9.66 Å². The summed E-state index contributed by atoms with van der Waals surface area (Å²) in [6.45, 7) is 4.80. The van der Waals surface area contributed by atoms with E-state index < -0.39 is 0 Å². The lowest BCUT2D eigenvalue weighted by Crippen LogP contribution is -2.34. The lowest BCUT2D eigenvalue weighted by atomic mass is 10.1. The van der Waals surface area contributed by atoms with Crippen LogP contribution >= 0.6 is 0 Å². The zero-order valence-corrected chi connectivity index (χ0v) is 11.1. The Kier molecular flexibility index (Phi) is 5.74. The summed E-state index contributed by atoms with van der Waals surface area (Å²) in [5.74, 6) is 0. The number of hydrogen-bond acceptors (Lipinski definition) is 4. The van der Waals surface area contributed by atoms with E-state index in [4.69, 9.17) is 4.74 Å². The highest BCUT2D eigenvalue weighted by Crippen LogP contribution is 2.18. The SMILES string of the molecule is CCC(COC)NC(C)c1ccc([N+](=O)[O-])cc1. The molecule has 5 nitrogen and oxygen atoms in total. The maximum atomic E-state index is 10.6. The molecule has 1 rings (SSSR count). The molecular weight excluding hydrogens is 232 g/mol. The van der Waals surface area contributed by atoms with Gasteiger partial charge in [-0.2, -0.15) is 0 Å². The van der Waals surface area contributed by atoms with Gasteiger partial charge in [-0.25, -0.2) is 0 Å². The van der Waals surface area contributed by atoms with Crippen LogP contribution in [0.25, 0.3) is 0 Å². The van der Waals surface area contributed by atoms with Crippen LogP contribution in [0.3, 0.4) is 0 Å². The molecule has 100 valence electrons. The normalized spacial score (nSPS) is 14.2. The first-order valence-electron chi connectivity index (χ1n) is 6.07. The largest absolute Gasteiger partial charge is 0.383 e. The number of hydrogen-bond donors (Lipinski definition) is 1. The fourth-order valence-electron chi connectivity index (χ4n) is 1.82. The van der Waals surface area contributed by atoms with Crippen molar-refractivity contribution in [2.45, 2.75) is 32.4 Å². The molecule has 0 amide bonds. The molecule has 0 saturated heterocycles. The Hall–Kier alpha value is -1.46. The van der Waals surface area contributed by atoms with Crippen LogP contribution in [-0.2, 0) is 4.74 Å². The van der Waals surface area contributed by atoms with E-state index in [9.17, 15) is 10.1 Å². The zero-order valence-electron chi connectivity index (χ0n) is 11.1. The number of nitro groups is 1. The predicted molar refractivity (Wildman–Crippen MR) is 70.6 cm³/mol. The highest BCUT2D eigenvalue weighted by atomic mass is 16.6. The number of rotatable bonds is 7. The number of nitro benzene ring substituents is 1. The molecule has 18 heavy (non-hydrogen) atoms. The van der Waals surface area contributed by atoms with Crippen molar-refractivity contribution in [1.29, 1.82) is 0 Å². The molecular formula is C13H20N2O3. The monoisotopic (exact) mass is 252 g/mol. The highest BCUT2D eigenvalue weighted by Gasteiger charge is 2.13. The third-order valence-electron chi connectivity index (χ3n) is 2.95. The Morgan fingerprint density at radius 3 is 2.44 bits per heavy atom. The summed E-state index contributed by atoms with van der Waals surface area (Å²) >= 11 is 0. The number of non-ortho nitro benzene ring substituents is 1. The van der Waals surface area contributed by atoms with Gasteiger partial charge in [-0.3, -0.25) is 10.1 Å². The second kappa shape index (κ2) is 7.08. The van der Waals surface area contributed by atoms with E-state index in [1.54, 1.807) is 19.2 Å². The van der Waals surface area contributed by atoms with Gasteiger partial charge in [-0.05, 0) is 18.9 Å². The molecule has 2 unspecified atom stereocenters. The summed E-state index contributed by atoms with van der Waals surface area (Å²) in [5, 5.41) is 14.0. The number of benzene rings is 1. The van der Waals surface area contributed by atoms with Gasteiger partial charge in [0.25, 0.3) is 5.69 Å². The summed E-state index contributed by atoms with van der Waals surface area (Å²) in [7, 11) is 1.68. The first kappa shape index (κ1) is 14.6. The molecule has 0 radical (unpaired) electrons. The standard InChI is InChI=1S/C13H20N2O3/c1-4-12(9-18-3)14-10(2)11-5-7-13(8-6-11)15(16)17/h5-8,10,12,14H,4,9H2,1-3H3. The maximum Gasteiger partial charge on any atom is 0.269 e. The summed E-state index contributed by atoms with van der Waals surface area (Å²) < 4.78 is 5.13. The third-order valence-corrected chi connectivity index (χ3v) is 2.95. The van der Waals surface area contributed by atoms with E-state index in [1.165, 1.54) is 12.1 Å². The van der Waals surface area contributed by atoms with Crippen molar-refractivity contribution in [3.63, 3.8) is 0 Å². The van der Waals surface area contributed by atoms with E-state index in [2.05, 4.69) is 12.2 Å². The average molecular weight is 252 g/mol. The molecule has 0 bridgehead atoms. The van der Waals surface area contributed by atoms with Gasteiger partial charge in [0, 0.05) is 31.3 Å². The van der Waals surface area contributed by atoms with Gasteiger partial charge in [0.05, 0.1) is 11.5 Å². The fourth-order valence-corrected chi connectivity index (χ4v) is 1.82. The van der Waals surface area contributed by atoms with Crippen molar-refractivity contribution in [2.75, 3.05) is 13.7 Å². The summed E-state index contributed by atoms with van der Waals surface area (Å²) in [6, 6.07) is 7.08. The molecule has 1 aromatic carbocycles. The fraction of sp³-hybridized carbons (Fsp3) is 0.538. The Labute approximate surface area is 107 Å². The summed E-state index contributed by atoms with van der Waals surface area (Å²) in [5.41, 5.74) is 1.16. The Bertz CT molecular complexity index is 378. The van der Waals surface area contributed by atoms with Crippen molar-refractivity contribution in [2.24, 2.45) is 0 Å². The molecule has 2 atom stereocenters. The highest BCUT2D eigenvalue weighted by molar-refractivity contribution is 5.34. The molecule has 0 heterocycles. The van der Waals surface area contributed by atoms with Crippen molar-refractivity contribution in [3.05, 3.63) is 39.9 Å². The number of ether oxygens (including phenoxy) is 1. The molecule has 0 aliphatic heterocycles. The Balaban J connectivity index is 2.65. The number of nitrogens with zero attached hydrogens (tertiary/aromatic N) is 1. The minimum Gasteiger partial charge on any atom is -0.383 e. The third kappa shape index (κ3) is 4.09. The van der Waals surface area contributed by atoms with E-state index >= 15 is 0 Å². The Morgan fingerprint density at radius 2 is 2.00 bits per heavy atom. The molecule has 5 heteroatoms. The van der Waals surface area contributed by atoms with Gasteiger partial charge >= 0.3 is 0 Å². The molecule has 0 aliphatic rings. The van der Waals surface area contributed by atoms with Crippen LogP contribution in [0.5, 0.6) is 0 Å². The van der Waals surface area contributed by atoms with Gasteiger partial charge in [-0.1, -0.05) is 19.1 Å². The second-order valence-electron chi connectivity index (χ2n) is 4.30. The summed E-state index contributed by atoms with van der Waals surface area (Å²) in [6.07, 6.45) is 0.977. The van der Waals surface area contributed by atoms with Crippen molar-refractivity contribution in [3.8, 4) is 0 Å². The lowest BCUT2D eigenvalue weighted by molar-refractivity contribution is -0.384. The quantitative estimate of drug-likeness (QED) is 0.598. The van der Waals surface area contributed by atoms with E-state index in [0.29, 0.717) is 12.6 Å². The van der Waals surface area contributed by atoms with Crippen molar-refractivity contribution >= 4 is 5.69 Å². The molecule has 0 aromatic heterocycles. The molecule has 0 saturated carbocycles. The van der Waals surface area contributed by atoms with E-state index in [1.807, 2.05) is 6.92 Å². The van der Waals surface area contributed by atoms with Crippen molar-refractivity contribution in [1.82, 2.24) is 5.32 Å². The van der Waals surface area contributed by atoms with Crippen LogP contribution in [0, 0.1) is 10.1 Å². The van der Waals surface area contributed by atoms with Gasteiger partial charge in [0.2, 0.25) is 0 Å². The lowest BCUT2D eigenvalue weighted by Gasteiger charge is -2.21. The molecule has 0 fully saturated rings. The van der Waals surface area contributed by atoms with Gasteiger partial charge in [0.1, 0.15) is 0 Å². The van der Waals surface area contributed by atoms with Gasteiger partial charge in [-0.15, -0.1) is 0 Å². The minimum atomic E-state index is -0.387. The van der Waals surface area contributed by atoms with Crippen LogP contribution in [0.4, 0.5) is 5.69 Å². The molecule has 0 aliphatic carbocycles. The van der Waals surface area contributed by atoms with Gasteiger partial charge < -0.3 is 10.1 Å². The first-order valence-corrected chi connectivity index (χ1v) is 6.07. The average Bonchev–Trinajstić information content (AvgIpc) is 2.38. The van der Waals surface area contributed by atoms with E-state index in [-0.39, 0.29) is 16.7 Å². The Morgan fingerprint density at radius 1 is 1.39 bits per heavy atom. The van der Waals surface area contributed by atoms with Crippen LogP contribution < -0.4 is 5.32 Å². The molecule has 1 N–H and O–H groups in total. The van der Waals surface area contributed by atoms with Crippen LogP contribution in [-0.4, -0.2) is 24.7 Å². The number of methoxy groups -OCH3 is 1. The smallest absolute Gasteiger partial charge is 0.269 e. The maximum absolute atomic E-state index is 10.6. The summed E-state index contributed by atoms with van der Waals surface area (Å²) in [4.78, 5) is 10.2. The van der Waals surface area contributed by atoms with Crippen LogP contribution in [0.15, 0.2) is 24.3 Å². The zero-order chi connectivity index (χ0) is 13.5. The minimum absolute atomic E-state index is 0.120. The second-order valence-corrected chi connectivity index (χ2v) is 4.30. The van der Waals surface area contributed by atoms with Gasteiger partial charge in [0.15, 0.2) is 0 Å². The predicted octanol–water partition coefficient (Wildman–Crippen LogP) is 2.67. The molecule has 0 spiro atoms. The van der Waals surface area contributed by atoms with E-state index in [0.717, 1.165) is 12.0 Å². The van der Waals surface area contributed by atoms with Crippen LogP contribution in [0.1, 0.15) is 31.9 Å². The number of nitrogens with one attached hydrogen (secondary N) is 1. The topological polar surface area (TPSA) is 64.4 Å². The molecule has 1 aromatic rings. The van der Waals surface area contributed by atoms with Crippen LogP contribution in [0.2, 0.25) is 0 Å². The first-order chi connectivity index (χ1) is 8.58.